The van der Waals surface area contributed by atoms with Gasteiger partial charge in [-0.2, -0.15) is 18.2 Å². The van der Waals surface area contributed by atoms with Gasteiger partial charge in [-0.3, -0.25) is 14.6 Å². The molecular weight excluding hydrogens is 657 g/mol. The third-order valence-electron chi connectivity index (χ3n) is 8.17. The molecule has 260 valence electrons. The number of hydrogen-bond donors (Lipinski definition) is 1. The maximum Gasteiger partial charge on any atom is 0.420 e. The highest BCUT2D eigenvalue weighted by atomic mass is 32.2. The average molecular weight is 695 g/mol. The minimum atomic E-state index is -4.91. The molecule has 0 spiro atoms. The van der Waals surface area contributed by atoms with Gasteiger partial charge in [-0.05, 0) is 43.2 Å². The molecule has 1 atom stereocenters. The second-order valence-corrected chi connectivity index (χ2v) is 14.2. The summed E-state index contributed by atoms with van der Waals surface area (Å²) in [6, 6.07) is 7.93. The lowest BCUT2D eigenvalue weighted by atomic mass is 10.0. The van der Waals surface area contributed by atoms with Crippen molar-refractivity contribution in [2.75, 3.05) is 51.7 Å². The summed E-state index contributed by atoms with van der Waals surface area (Å²) in [7, 11) is -3.85. The molecule has 0 aliphatic carbocycles. The lowest BCUT2D eigenvalue weighted by molar-refractivity contribution is -0.138. The number of imide groups is 1. The largest absolute Gasteiger partial charge is 0.455 e. The Bertz CT molecular complexity index is 1760. The lowest BCUT2D eigenvalue weighted by Crippen LogP contribution is -2.54. The van der Waals surface area contributed by atoms with Crippen LogP contribution in [-0.2, 0) is 32.1 Å². The number of carbonyl (C=O) groups excluding carboxylic acids is 2. The standard InChI is InChI=1S/C31H37F3N6O7S/c1-20(2)18-48(43,44)25-7-5-4-6-24(25)46-23-9-8-21(16-22(23)31(32,33)34)27-36-26(47-37-27)17-39-28(41)30(3,19-35)40(29(39)42)11-10-38-12-14-45-15-13-38/h4-9,16,20H,10-15,17-19,35H2,1-3H3. The topological polar surface area (TPSA) is 161 Å². The number of benzene rings is 2. The minimum absolute atomic E-state index is 0.0941. The van der Waals surface area contributed by atoms with Crippen LogP contribution in [0.25, 0.3) is 11.4 Å². The molecular formula is C31H37F3N6O7S. The number of aromatic nitrogens is 2. The van der Waals surface area contributed by atoms with Crippen LogP contribution in [-0.4, -0.2) is 102 Å². The Hall–Kier alpha value is -4.06. The number of morpholine rings is 1. The number of nitrogens with two attached hydrogens (primary N) is 1. The Kier molecular flexibility index (Phi) is 10.1. The van der Waals surface area contributed by atoms with Crippen LogP contribution in [0.15, 0.2) is 51.9 Å². The molecule has 13 nitrogen and oxygen atoms in total. The molecule has 2 aliphatic rings. The van der Waals surface area contributed by atoms with Crippen molar-refractivity contribution in [3.05, 3.63) is 53.9 Å². The van der Waals surface area contributed by atoms with Crippen LogP contribution in [0.1, 0.15) is 32.2 Å². The van der Waals surface area contributed by atoms with Gasteiger partial charge in [0.2, 0.25) is 11.7 Å². The fourth-order valence-electron chi connectivity index (χ4n) is 5.59. The van der Waals surface area contributed by atoms with Crippen LogP contribution in [0.4, 0.5) is 18.0 Å². The lowest BCUT2D eigenvalue weighted by Gasteiger charge is -2.33. The molecule has 5 rings (SSSR count). The van der Waals surface area contributed by atoms with Crippen molar-refractivity contribution in [3.8, 4) is 22.9 Å². The summed E-state index contributed by atoms with van der Waals surface area (Å²) in [5.41, 5.74) is 3.35. The number of sulfone groups is 1. The molecule has 2 saturated heterocycles. The second-order valence-electron chi connectivity index (χ2n) is 12.2. The van der Waals surface area contributed by atoms with Gasteiger partial charge in [0.25, 0.3) is 5.91 Å². The summed E-state index contributed by atoms with van der Waals surface area (Å²) in [6.07, 6.45) is -4.91. The van der Waals surface area contributed by atoms with Gasteiger partial charge in [-0.25, -0.2) is 13.2 Å². The SMILES string of the molecule is CC(C)CS(=O)(=O)c1ccccc1Oc1ccc(-c2noc(CN3C(=O)N(CCN4CCOCC4)C(C)(CN)C3=O)n2)cc1C(F)(F)F. The average Bonchev–Trinajstić information content (AvgIpc) is 3.57. The number of urea groups is 1. The molecule has 1 aromatic heterocycles. The van der Waals surface area contributed by atoms with Gasteiger partial charge in [-0.15, -0.1) is 0 Å². The van der Waals surface area contributed by atoms with Crippen LogP contribution in [0, 0.1) is 5.92 Å². The molecule has 2 fully saturated rings. The molecule has 2 N–H and O–H groups in total. The van der Waals surface area contributed by atoms with Gasteiger partial charge < -0.3 is 24.6 Å². The molecule has 17 heteroatoms. The first-order valence-electron chi connectivity index (χ1n) is 15.3. The molecule has 1 unspecified atom stereocenters. The number of para-hydroxylation sites is 1. The first-order chi connectivity index (χ1) is 22.6. The number of amides is 3. The molecule has 3 aromatic rings. The molecule has 3 amide bonds. The van der Waals surface area contributed by atoms with Crippen LogP contribution in [0.3, 0.4) is 0 Å². The predicted octanol–water partition coefficient (Wildman–Crippen LogP) is 3.79. The highest BCUT2D eigenvalue weighted by Gasteiger charge is 2.53. The van der Waals surface area contributed by atoms with Crippen LogP contribution < -0.4 is 10.5 Å². The zero-order valence-corrected chi connectivity index (χ0v) is 27.5. The van der Waals surface area contributed by atoms with Gasteiger partial charge in [0.1, 0.15) is 28.5 Å². The number of carbonyl (C=O) groups is 2. The first-order valence-corrected chi connectivity index (χ1v) is 17.0. The Morgan fingerprint density at radius 1 is 1.06 bits per heavy atom. The molecule has 48 heavy (non-hydrogen) atoms. The fraction of sp³-hybridized carbons (Fsp3) is 0.484. The number of alkyl halides is 3. The van der Waals surface area contributed by atoms with Gasteiger partial charge in [-0.1, -0.05) is 31.1 Å². The summed E-state index contributed by atoms with van der Waals surface area (Å²) in [4.78, 5) is 35.2. The molecule has 2 aliphatic heterocycles. The quantitative estimate of drug-likeness (QED) is 0.275. The van der Waals surface area contributed by atoms with E-state index < -0.39 is 51.3 Å². The summed E-state index contributed by atoms with van der Waals surface area (Å²) < 4.78 is 84.8. The van der Waals surface area contributed by atoms with Gasteiger partial charge in [0.05, 0.1) is 24.5 Å². The van der Waals surface area contributed by atoms with Gasteiger partial charge >= 0.3 is 12.2 Å². The molecule has 0 radical (unpaired) electrons. The van der Waals surface area contributed by atoms with E-state index in [0.717, 1.165) is 17.0 Å². The Balaban J connectivity index is 1.36. The van der Waals surface area contributed by atoms with Crippen molar-refractivity contribution in [2.24, 2.45) is 11.7 Å². The summed E-state index contributed by atoms with van der Waals surface area (Å²) in [5.74, 6) is -2.29. The van der Waals surface area contributed by atoms with Gasteiger partial charge in [0, 0.05) is 38.3 Å². The number of hydrogen-bond acceptors (Lipinski definition) is 11. The van der Waals surface area contributed by atoms with E-state index in [2.05, 4.69) is 15.0 Å². The van der Waals surface area contributed by atoms with E-state index in [-0.39, 0.29) is 52.7 Å². The highest BCUT2D eigenvalue weighted by molar-refractivity contribution is 7.91. The molecule has 0 bridgehead atoms. The Labute approximate surface area is 275 Å². The van der Waals surface area contributed by atoms with Crippen LogP contribution >= 0.6 is 0 Å². The predicted molar refractivity (Wildman–Crippen MR) is 166 cm³/mol. The Morgan fingerprint density at radius 2 is 1.77 bits per heavy atom. The van der Waals surface area contributed by atoms with E-state index in [1.807, 2.05) is 0 Å². The van der Waals surface area contributed by atoms with E-state index in [1.54, 1.807) is 20.8 Å². The van der Waals surface area contributed by atoms with Crippen molar-refractivity contribution in [1.29, 1.82) is 0 Å². The second kappa shape index (κ2) is 13.8. The third kappa shape index (κ3) is 7.33. The first kappa shape index (κ1) is 35.3. The van der Waals surface area contributed by atoms with E-state index in [4.69, 9.17) is 19.7 Å². The number of ether oxygens (including phenoxy) is 2. The third-order valence-corrected chi connectivity index (χ3v) is 10.3. The van der Waals surface area contributed by atoms with Crippen molar-refractivity contribution in [3.63, 3.8) is 0 Å². The van der Waals surface area contributed by atoms with Crippen LogP contribution in [0.5, 0.6) is 11.5 Å². The zero-order chi connectivity index (χ0) is 34.9. The molecule has 3 heterocycles. The minimum Gasteiger partial charge on any atom is -0.455 e. The maximum atomic E-state index is 14.3. The molecule has 2 aromatic carbocycles. The summed E-state index contributed by atoms with van der Waals surface area (Å²) in [5, 5.41) is 3.78. The normalized spacial score (nSPS) is 19.5. The van der Waals surface area contributed by atoms with E-state index in [1.165, 1.54) is 35.2 Å². The monoisotopic (exact) mass is 694 g/mol. The van der Waals surface area contributed by atoms with Crippen molar-refractivity contribution in [2.45, 2.75) is 43.9 Å². The van der Waals surface area contributed by atoms with E-state index >= 15 is 0 Å². The number of halogens is 3. The van der Waals surface area contributed by atoms with E-state index in [9.17, 15) is 31.2 Å². The maximum absolute atomic E-state index is 14.3. The molecule has 0 saturated carbocycles. The van der Waals surface area contributed by atoms with Crippen molar-refractivity contribution >= 4 is 21.8 Å². The highest BCUT2D eigenvalue weighted by Crippen LogP contribution is 2.41. The fourth-order valence-corrected chi connectivity index (χ4v) is 7.34. The van der Waals surface area contributed by atoms with Crippen molar-refractivity contribution in [1.82, 2.24) is 24.8 Å². The van der Waals surface area contributed by atoms with Gasteiger partial charge in [0.15, 0.2) is 9.84 Å². The number of nitrogens with zero attached hydrogens (tertiary/aromatic N) is 5. The summed E-state index contributed by atoms with van der Waals surface area (Å²) >= 11 is 0. The summed E-state index contributed by atoms with van der Waals surface area (Å²) in [6.45, 7) is 7.75. The smallest absolute Gasteiger partial charge is 0.420 e. The van der Waals surface area contributed by atoms with E-state index in [0.29, 0.717) is 32.8 Å². The number of rotatable bonds is 12. The zero-order valence-electron chi connectivity index (χ0n) is 26.7. The Morgan fingerprint density at radius 3 is 2.44 bits per heavy atom. The van der Waals surface area contributed by atoms with Crippen LogP contribution in [0.2, 0.25) is 0 Å². The van der Waals surface area contributed by atoms with Crippen molar-refractivity contribution < 1.29 is 45.2 Å².